The third-order valence-electron chi connectivity index (χ3n) is 7.33. The first kappa shape index (κ1) is 30.4. The minimum atomic E-state index is -4.17. The standard InChI is InChI=1S/C31H36ClN3O5S/c1-3-28(31(37)33-24-11-7-8-12-24)34(21-23-17-19-25(40-2)20-18-23)30(36)22-35(29-16-10-9-15-27(29)32)41(38,39)26-13-5-4-6-14-26/h4-6,9-10,13-20,24,28H,3,7-8,11-12,21-22H2,1-2H3,(H,33,37)/t28-/m0/s1. The lowest BCUT2D eigenvalue weighted by molar-refractivity contribution is -0.140. The molecule has 1 atom stereocenters. The van der Waals surface area contributed by atoms with E-state index in [1.165, 1.54) is 17.0 Å². The SMILES string of the molecule is CC[C@@H](C(=O)NC1CCCC1)N(Cc1ccc(OC)cc1)C(=O)CN(c1ccccc1Cl)S(=O)(=O)c1ccccc1. The maximum absolute atomic E-state index is 14.2. The number of anilines is 1. The summed E-state index contributed by atoms with van der Waals surface area (Å²) in [6, 6.07) is 20.9. The number of methoxy groups -OCH3 is 1. The van der Waals surface area contributed by atoms with Crippen molar-refractivity contribution in [3.05, 3.63) is 89.4 Å². The van der Waals surface area contributed by atoms with Crippen molar-refractivity contribution in [1.29, 1.82) is 0 Å². The Hall–Kier alpha value is -3.56. The summed E-state index contributed by atoms with van der Waals surface area (Å²) in [6.07, 6.45) is 4.28. The average molecular weight is 598 g/mol. The van der Waals surface area contributed by atoms with Gasteiger partial charge in [-0.2, -0.15) is 0 Å². The number of hydrogen-bond acceptors (Lipinski definition) is 5. The van der Waals surface area contributed by atoms with Gasteiger partial charge in [0.05, 0.1) is 22.7 Å². The predicted octanol–water partition coefficient (Wildman–Crippen LogP) is 5.41. The number of nitrogens with one attached hydrogen (secondary N) is 1. The van der Waals surface area contributed by atoms with Crippen molar-refractivity contribution >= 4 is 39.1 Å². The second-order valence-corrected chi connectivity index (χ2v) is 12.3. The summed E-state index contributed by atoms with van der Waals surface area (Å²) in [7, 11) is -2.60. The number of benzene rings is 3. The topological polar surface area (TPSA) is 96.0 Å². The van der Waals surface area contributed by atoms with Gasteiger partial charge in [-0.05, 0) is 61.2 Å². The number of carbonyl (C=O) groups excluding carboxylic acids is 2. The minimum Gasteiger partial charge on any atom is -0.497 e. The number of para-hydroxylation sites is 1. The van der Waals surface area contributed by atoms with Crippen LogP contribution in [0.4, 0.5) is 5.69 Å². The van der Waals surface area contributed by atoms with Crippen molar-refractivity contribution in [2.45, 2.75) is 62.6 Å². The molecule has 0 aliphatic heterocycles. The van der Waals surface area contributed by atoms with Crippen LogP contribution in [0.1, 0.15) is 44.6 Å². The molecular formula is C31H36ClN3O5S. The van der Waals surface area contributed by atoms with E-state index in [0.717, 1.165) is 35.6 Å². The molecule has 8 nitrogen and oxygen atoms in total. The minimum absolute atomic E-state index is 0.0282. The first-order valence-electron chi connectivity index (χ1n) is 13.8. The fourth-order valence-electron chi connectivity index (χ4n) is 5.10. The lowest BCUT2D eigenvalue weighted by atomic mass is 10.1. The zero-order valence-corrected chi connectivity index (χ0v) is 24.9. The number of nitrogens with zero attached hydrogens (tertiary/aromatic N) is 2. The molecule has 0 heterocycles. The smallest absolute Gasteiger partial charge is 0.264 e. The molecule has 0 saturated heterocycles. The second-order valence-electron chi connectivity index (χ2n) is 10.1. The summed E-state index contributed by atoms with van der Waals surface area (Å²) in [5.41, 5.74) is 0.959. The molecule has 4 rings (SSSR count). The highest BCUT2D eigenvalue weighted by Gasteiger charge is 2.35. The fourth-order valence-corrected chi connectivity index (χ4v) is 6.84. The summed E-state index contributed by atoms with van der Waals surface area (Å²) >= 11 is 6.46. The Morgan fingerprint density at radius 1 is 0.976 bits per heavy atom. The summed E-state index contributed by atoms with van der Waals surface area (Å²) in [5, 5.41) is 3.30. The van der Waals surface area contributed by atoms with E-state index >= 15 is 0 Å². The van der Waals surface area contributed by atoms with Gasteiger partial charge in [-0.1, -0.05) is 73.8 Å². The van der Waals surface area contributed by atoms with E-state index < -0.39 is 28.5 Å². The van der Waals surface area contributed by atoms with Crippen LogP contribution >= 0.6 is 11.6 Å². The van der Waals surface area contributed by atoms with Gasteiger partial charge in [0.2, 0.25) is 11.8 Å². The quantitative estimate of drug-likeness (QED) is 0.301. The van der Waals surface area contributed by atoms with E-state index in [1.54, 1.807) is 61.7 Å². The van der Waals surface area contributed by atoms with Crippen LogP contribution in [0.15, 0.2) is 83.8 Å². The van der Waals surface area contributed by atoms with Crippen LogP contribution in [0.5, 0.6) is 5.75 Å². The fraction of sp³-hybridized carbons (Fsp3) is 0.355. The highest BCUT2D eigenvalue weighted by molar-refractivity contribution is 7.92. The highest BCUT2D eigenvalue weighted by Crippen LogP contribution is 2.31. The van der Waals surface area contributed by atoms with E-state index in [0.29, 0.717) is 12.2 Å². The number of rotatable bonds is 12. The molecule has 1 fully saturated rings. The van der Waals surface area contributed by atoms with Crippen LogP contribution in [0.25, 0.3) is 0 Å². The van der Waals surface area contributed by atoms with Crippen LogP contribution in [-0.4, -0.2) is 50.9 Å². The molecular weight excluding hydrogens is 562 g/mol. The molecule has 3 aromatic rings. The van der Waals surface area contributed by atoms with E-state index in [9.17, 15) is 18.0 Å². The van der Waals surface area contributed by atoms with Gasteiger partial charge in [0, 0.05) is 12.6 Å². The molecule has 1 aliphatic carbocycles. The number of halogens is 1. The number of amides is 2. The largest absolute Gasteiger partial charge is 0.497 e. The lowest BCUT2D eigenvalue weighted by Gasteiger charge is -2.34. The molecule has 1 aliphatic rings. The van der Waals surface area contributed by atoms with Gasteiger partial charge < -0.3 is 15.0 Å². The Labute approximate surface area is 247 Å². The summed E-state index contributed by atoms with van der Waals surface area (Å²) in [6.45, 7) is 1.42. The summed E-state index contributed by atoms with van der Waals surface area (Å²) in [4.78, 5) is 29.2. The maximum Gasteiger partial charge on any atom is 0.264 e. The Kier molecular flexibility index (Phi) is 10.3. The molecule has 41 heavy (non-hydrogen) atoms. The van der Waals surface area contributed by atoms with Crippen LogP contribution in [0.2, 0.25) is 5.02 Å². The average Bonchev–Trinajstić information content (AvgIpc) is 3.50. The first-order chi connectivity index (χ1) is 19.7. The van der Waals surface area contributed by atoms with E-state index in [-0.39, 0.29) is 34.1 Å². The summed E-state index contributed by atoms with van der Waals surface area (Å²) in [5.74, 6) is -0.0957. The van der Waals surface area contributed by atoms with Crippen molar-refractivity contribution in [2.75, 3.05) is 18.0 Å². The monoisotopic (exact) mass is 597 g/mol. The second kappa shape index (κ2) is 13.9. The zero-order valence-electron chi connectivity index (χ0n) is 23.3. The number of sulfonamides is 1. The molecule has 0 spiro atoms. The van der Waals surface area contributed by atoms with Crippen molar-refractivity contribution in [1.82, 2.24) is 10.2 Å². The van der Waals surface area contributed by atoms with E-state index in [2.05, 4.69) is 5.32 Å². The van der Waals surface area contributed by atoms with Crippen LogP contribution < -0.4 is 14.4 Å². The van der Waals surface area contributed by atoms with Gasteiger partial charge in [-0.3, -0.25) is 13.9 Å². The molecule has 0 aromatic heterocycles. The van der Waals surface area contributed by atoms with Gasteiger partial charge >= 0.3 is 0 Å². The molecule has 1 N–H and O–H groups in total. The third-order valence-corrected chi connectivity index (χ3v) is 9.42. The van der Waals surface area contributed by atoms with Gasteiger partial charge in [-0.25, -0.2) is 8.42 Å². The number of carbonyl (C=O) groups is 2. The molecule has 0 unspecified atom stereocenters. The van der Waals surface area contributed by atoms with Crippen molar-refractivity contribution < 1.29 is 22.7 Å². The predicted molar refractivity (Wildman–Crippen MR) is 160 cm³/mol. The number of hydrogen-bond donors (Lipinski definition) is 1. The van der Waals surface area contributed by atoms with E-state index in [1.807, 2.05) is 19.1 Å². The van der Waals surface area contributed by atoms with Crippen molar-refractivity contribution in [3.8, 4) is 5.75 Å². The maximum atomic E-state index is 14.2. The van der Waals surface area contributed by atoms with Gasteiger partial charge in [-0.15, -0.1) is 0 Å². The Balaban J connectivity index is 1.71. The third kappa shape index (κ3) is 7.40. The molecule has 10 heteroatoms. The Morgan fingerprint density at radius 3 is 2.22 bits per heavy atom. The number of ether oxygens (including phenoxy) is 1. The van der Waals surface area contributed by atoms with Gasteiger partial charge in [0.1, 0.15) is 18.3 Å². The lowest BCUT2D eigenvalue weighted by Crippen LogP contribution is -2.53. The van der Waals surface area contributed by atoms with Crippen molar-refractivity contribution in [2.24, 2.45) is 0 Å². The van der Waals surface area contributed by atoms with Crippen LogP contribution in [0.3, 0.4) is 0 Å². The highest BCUT2D eigenvalue weighted by atomic mass is 35.5. The summed E-state index contributed by atoms with van der Waals surface area (Å²) < 4.78 is 34.0. The van der Waals surface area contributed by atoms with E-state index in [4.69, 9.17) is 16.3 Å². The first-order valence-corrected chi connectivity index (χ1v) is 15.6. The Bertz CT molecular complexity index is 1430. The molecule has 0 bridgehead atoms. The molecule has 0 radical (unpaired) electrons. The van der Waals surface area contributed by atoms with Crippen LogP contribution in [0, 0.1) is 0 Å². The Morgan fingerprint density at radius 2 is 1.61 bits per heavy atom. The van der Waals surface area contributed by atoms with Gasteiger partial charge in [0.15, 0.2) is 0 Å². The zero-order chi connectivity index (χ0) is 29.4. The molecule has 218 valence electrons. The van der Waals surface area contributed by atoms with Crippen molar-refractivity contribution in [3.63, 3.8) is 0 Å². The molecule has 2 amide bonds. The van der Waals surface area contributed by atoms with Crippen LogP contribution in [-0.2, 0) is 26.2 Å². The van der Waals surface area contributed by atoms with Gasteiger partial charge in [0.25, 0.3) is 10.0 Å². The molecule has 1 saturated carbocycles. The normalized spacial score (nSPS) is 14.3. The molecule has 3 aromatic carbocycles.